The Kier molecular flexibility index (Phi) is 4.60. The molecule has 0 bridgehead atoms. The third kappa shape index (κ3) is 2.76. The summed E-state index contributed by atoms with van der Waals surface area (Å²) in [4.78, 5) is 44.5. The van der Waals surface area contributed by atoms with Crippen LogP contribution in [0, 0.1) is 16.0 Å². The number of ketones is 1. The maximum Gasteiger partial charge on any atom is 0.269 e. The molecule has 8 nitrogen and oxygen atoms in total. The van der Waals surface area contributed by atoms with Gasteiger partial charge in [-0.05, 0) is 30.8 Å². The van der Waals surface area contributed by atoms with Crippen LogP contribution in [-0.2, 0) is 10.3 Å². The lowest BCUT2D eigenvalue weighted by Crippen LogP contribution is -2.51. The van der Waals surface area contributed by atoms with Crippen molar-refractivity contribution < 1.29 is 14.5 Å². The van der Waals surface area contributed by atoms with Crippen molar-refractivity contribution in [2.24, 2.45) is 5.92 Å². The molecule has 0 unspecified atom stereocenters. The van der Waals surface area contributed by atoms with E-state index in [2.05, 4.69) is 10.3 Å². The number of non-ortho nitro benzene ring substituents is 1. The van der Waals surface area contributed by atoms with Gasteiger partial charge in [0, 0.05) is 42.0 Å². The van der Waals surface area contributed by atoms with Gasteiger partial charge in [-0.15, -0.1) is 0 Å². The first kappa shape index (κ1) is 20.0. The van der Waals surface area contributed by atoms with E-state index in [4.69, 9.17) is 0 Å². The quantitative estimate of drug-likeness (QED) is 0.388. The van der Waals surface area contributed by atoms with Crippen molar-refractivity contribution in [3.8, 4) is 0 Å². The number of anilines is 1. The highest BCUT2D eigenvalue weighted by Crippen LogP contribution is 2.55. The number of hydrogen-bond acceptors (Lipinski definition) is 6. The number of hydrogen-bond donors (Lipinski definition) is 1. The Bertz CT molecular complexity index is 1250. The van der Waals surface area contributed by atoms with Gasteiger partial charge in [0.05, 0.1) is 10.8 Å². The van der Waals surface area contributed by atoms with E-state index in [0.29, 0.717) is 17.8 Å². The number of carbonyl (C=O) groups is 2. The largest absolute Gasteiger partial charge is 0.324 e. The Hall–Kier alpha value is -3.91. The van der Waals surface area contributed by atoms with Crippen molar-refractivity contribution in [1.82, 2.24) is 9.88 Å². The fraction of sp³-hybridized carbons (Fsp3) is 0.208. The number of nitrogens with zero attached hydrogens (tertiary/aromatic N) is 3. The summed E-state index contributed by atoms with van der Waals surface area (Å²) in [5.41, 5.74) is 1.03. The minimum absolute atomic E-state index is 0.0496. The van der Waals surface area contributed by atoms with Crippen LogP contribution in [0.4, 0.5) is 11.4 Å². The number of nitrogens with one attached hydrogen (secondary N) is 1. The lowest BCUT2D eigenvalue weighted by Gasteiger charge is -2.35. The van der Waals surface area contributed by atoms with E-state index in [1.54, 1.807) is 36.5 Å². The van der Waals surface area contributed by atoms with Gasteiger partial charge in [0.2, 0.25) is 5.91 Å². The zero-order valence-electron chi connectivity index (χ0n) is 17.3. The van der Waals surface area contributed by atoms with Gasteiger partial charge in [0.1, 0.15) is 11.2 Å². The second kappa shape index (κ2) is 7.35. The standard InChI is InChI=1S/C24H20N4O4/c1-27-14-17(15-7-6-8-16(13-15)28(31)32)21(22(29)20-11-4-5-12-25-20)24(27)18-9-2-3-10-19(18)26-23(24)30/h2-13,17,21H,14H2,1H3,(H,26,30)/t17-,21-,24-/m1/s1. The molecule has 3 atom stereocenters. The molecule has 3 heterocycles. The van der Waals surface area contributed by atoms with Gasteiger partial charge in [0.25, 0.3) is 5.69 Å². The Morgan fingerprint density at radius 1 is 1.16 bits per heavy atom. The van der Waals surface area contributed by atoms with Gasteiger partial charge in [-0.1, -0.05) is 36.4 Å². The van der Waals surface area contributed by atoms with Crippen LogP contribution in [0.2, 0.25) is 0 Å². The van der Waals surface area contributed by atoms with Crippen LogP contribution in [0.15, 0.2) is 72.9 Å². The van der Waals surface area contributed by atoms with Gasteiger partial charge in [-0.3, -0.25) is 29.6 Å². The number of Topliss-reactive ketones (excluding diaryl/α,β-unsaturated/α-hetero) is 1. The van der Waals surface area contributed by atoms with Crippen LogP contribution in [0.1, 0.15) is 27.5 Å². The van der Waals surface area contributed by atoms with Crippen molar-refractivity contribution in [2.45, 2.75) is 11.5 Å². The molecule has 2 aromatic carbocycles. The lowest BCUT2D eigenvalue weighted by atomic mass is 9.71. The summed E-state index contributed by atoms with van der Waals surface area (Å²) in [6, 6.07) is 18.8. The molecule has 1 amide bonds. The molecule has 0 saturated carbocycles. The van der Waals surface area contributed by atoms with Gasteiger partial charge in [-0.2, -0.15) is 0 Å². The average molecular weight is 428 g/mol. The number of carbonyl (C=O) groups excluding carboxylic acids is 2. The molecule has 1 aromatic heterocycles. The van der Waals surface area contributed by atoms with E-state index < -0.39 is 22.3 Å². The minimum atomic E-state index is -1.24. The topological polar surface area (TPSA) is 105 Å². The normalized spacial score (nSPS) is 24.3. The predicted molar refractivity (Wildman–Crippen MR) is 117 cm³/mol. The van der Waals surface area contributed by atoms with Gasteiger partial charge >= 0.3 is 0 Å². The third-order valence-electron chi connectivity index (χ3n) is 6.57. The maximum absolute atomic E-state index is 13.9. The van der Waals surface area contributed by atoms with E-state index in [-0.39, 0.29) is 23.1 Å². The SMILES string of the molecule is CN1C[C@H](c2cccc([N+](=O)[O-])c2)[C@H](C(=O)c2ccccn2)[C@]12C(=O)Nc1ccccc12. The molecule has 3 aromatic rings. The Morgan fingerprint density at radius 3 is 2.69 bits per heavy atom. The molecule has 5 rings (SSSR count). The number of nitro groups is 1. The average Bonchev–Trinajstić information content (AvgIpc) is 3.29. The highest BCUT2D eigenvalue weighted by molar-refractivity contribution is 6.11. The molecular weight excluding hydrogens is 408 g/mol. The summed E-state index contributed by atoms with van der Waals surface area (Å²) in [5.74, 6) is -1.79. The first-order chi connectivity index (χ1) is 15.4. The van der Waals surface area contributed by atoms with Crippen LogP contribution in [0.25, 0.3) is 0 Å². The number of benzene rings is 2. The molecule has 2 aliphatic rings. The molecule has 1 N–H and O–H groups in total. The molecule has 8 heteroatoms. The zero-order chi connectivity index (χ0) is 22.5. The van der Waals surface area contributed by atoms with Crippen LogP contribution >= 0.6 is 0 Å². The predicted octanol–water partition coefficient (Wildman–Crippen LogP) is 3.37. The highest BCUT2D eigenvalue weighted by atomic mass is 16.6. The van der Waals surface area contributed by atoms with E-state index in [1.807, 2.05) is 36.2 Å². The second-order valence-corrected chi connectivity index (χ2v) is 8.16. The Labute approximate surface area is 184 Å². The lowest BCUT2D eigenvalue weighted by molar-refractivity contribution is -0.384. The van der Waals surface area contributed by atoms with E-state index >= 15 is 0 Å². The summed E-state index contributed by atoms with van der Waals surface area (Å²) in [6.45, 7) is 0.381. The van der Waals surface area contributed by atoms with Crippen LogP contribution in [0.5, 0.6) is 0 Å². The van der Waals surface area contributed by atoms with Crippen LogP contribution in [-0.4, -0.2) is 40.1 Å². The number of rotatable bonds is 4. The number of likely N-dealkylation sites (tertiary alicyclic amines) is 1. The number of nitro benzene ring substituents is 1. The van der Waals surface area contributed by atoms with Crippen molar-refractivity contribution in [3.63, 3.8) is 0 Å². The summed E-state index contributed by atoms with van der Waals surface area (Å²) in [5, 5.41) is 14.3. The van der Waals surface area contributed by atoms with Crippen molar-refractivity contribution >= 4 is 23.1 Å². The molecule has 0 radical (unpaired) electrons. The van der Waals surface area contributed by atoms with Crippen LogP contribution in [0.3, 0.4) is 0 Å². The molecule has 0 aliphatic carbocycles. The first-order valence-corrected chi connectivity index (χ1v) is 10.3. The monoisotopic (exact) mass is 428 g/mol. The third-order valence-corrected chi connectivity index (χ3v) is 6.57. The summed E-state index contributed by atoms with van der Waals surface area (Å²) >= 11 is 0. The molecule has 1 fully saturated rings. The number of para-hydroxylation sites is 1. The smallest absolute Gasteiger partial charge is 0.269 e. The number of fused-ring (bicyclic) bond motifs is 2. The number of aromatic nitrogens is 1. The molecular formula is C24H20N4O4. The van der Waals surface area contributed by atoms with Crippen molar-refractivity contribution in [1.29, 1.82) is 0 Å². The fourth-order valence-electron chi connectivity index (χ4n) is 5.23. The Morgan fingerprint density at radius 2 is 1.94 bits per heavy atom. The van der Waals surface area contributed by atoms with E-state index in [0.717, 1.165) is 5.56 Å². The van der Waals surface area contributed by atoms with Gasteiger partial charge in [0.15, 0.2) is 5.78 Å². The number of amides is 1. The molecule has 160 valence electrons. The minimum Gasteiger partial charge on any atom is -0.324 e. The number of pyridine rings is 1. The van der Waals surface area contributed by atoms with E-state index in [1.165, 1.54) is 12.1 Å². The van der Waals surface area contributed by atoms with E-state index in [9.17, 15) is 19.7 Å². The summed E-state index contributed by atoms with van der Waals surface area (Å²) in [6.07, 6.45) is 1.55. The molecule has 2 aliphatic heterocycles. The number of likely N-dealkylation sites (N-methyl/N-ethyl adjacent to an activating group) is 1. The molecule has 1 spiro atoms. The van der Waals surface area contributed by atoms with Gasteiger partial charge in [-0.25, -0.2) is 0 Å². The Balaban J connectivity index is 1.73. The summed E-state index contributed by atoms with van der Waals surface area (Å²) < 4.78 is 0. The highest BCUT2D eigenvalue weighted by Gasteiger charge is 2.64. The van der Waals surface area contributed by atoms with Gasteiger partial charge < -0.3 is 5.32 Å². The second-order valence-electron chi connectivity index (χ2n) is 8.16. The van der Waals surface area contributed by atoms with Crippen molar-refractivity contribution in [2.75, 3.05) is 18.9 Å². The maximum atomic E-state index is 13.9. The summed E-state index contributed by atoms with van der Waals surface area (Å²) in [7, 11) is 1.82. The van der Waals surface area contributed by atoms with Crippen LogP contribution < -0.4 is 5.32 Å². The van der Waals surface area contributed by atoms with Crippen molar-refractivity contribution in [3.05, 3.63) is 99.9 Å². The first-order valence-electron chi connectivity index (χ1n) is 10.3. The fourth-order valence-corrected chi connectivity index (χ4v) is 5.23. The molecule has 1 saturated heterocycles. The zero-order valence-corrected chi connectivity index (χ0v) is 17.3. The molecule has 32 heavy (non-hydrogen) atoms.